The third-order valence-corrected chi connectivity index (χ3v) is 4.97. The van der Waals surface area contributed by atoms with Crippen LogP contribution in [0.25, 0.3) is 10.9 Å². The minimum absolute atomic E-state index is 0.0136. The first-order chi connectivity index (χ1) is 10.5. The van der Waals surface area contributed by atoms with E-state index in [1.165, 1.54) is 0 Å². The molecular weight excluding hydrogens is 296 g/mol. The van der Waals surface area contributed by atoms with Crippen LogP contribution in [0.1, 0.15) is 28.5 Å². The molecule has 2 atom stereocenters. The Hall–Kier alpha value is -1.59. The second-order valence-electron chi connectivity index (χ2n) is 5.54. The number of nitrogens with one attached hydrogen (secondary N) is 1. The first-order valence-corrected chi connectivity index (χ1v) is 8.57. The summed E-state index contributed by atoms with van der Waals surface area (Å²) in [5.41, 5.74) is 3.35. The van der Waals surface area contributed by atoms with Crippen molar-refractivity contribution in [3.63, 3.8) is 0 Å². The number of carbonyl (C=O) groups is 1. The highest BCUT2D eigenvalue weighted by molar-refractivity contribution is 7.99. The van der Waals surface area contributed by atoms with Crippen molar-refractivity contribution in [1.29, 1.82) is 0 Å². The Morgan fingerprint density at radius 3 is 2.73 bits per heavy atom. The number of rotatable bonds is 5. The number of aromatic nitrogens is 1. The summed E-state index contributed by atoms with van der Waals surface area (Å²) in [4.78, 5) is 17.0. The van der Waals surface area contributed by atoms with Crippen LogP contribution >= 0.6 is 11.8 Å². The van der Waals surface area contributed by atoms with E-state index in [1.54, 1.807) is 11.8 Å². The molecule has 0 spiro atoms. The minimum atomic E-state index is -0.146. The van der Waals surface area contributed by atoms with Crippen molar-refractivity contribution in [2.75, 3.05) is 12.9 Å². The van der Waals surface area contributed by atoms with E-state index in [4.69, 9.17) is 0 Å². The predicted molar refractivity (Wildman–Crippen MR) is 92.5 cm³/mol. The van der Waals surface area contributed by atoms with E-state index in [0.29, 0.717) is 11.3 Å². The van der Waals surface area contributed by atoms with Crippen molar-refractivity contribution in [1.82, 2.24) is 10.3 Å². The van der Waals surface area contributed by atoms with Crippen molar-refractivity contribution in [3.8, 4) is 0 Å². The van der Waals surface area contributed by atoms with Crippen LogP contribution in [0.15, 0.2) is 24.3 Å². The van der Waals surface area contributed by atoms with Crippen LogP contribution in [0.5, 0.6) is 0 Å². The average Bonchev–Trinajstić information content (AvgIpc) is 2.47. The lowest BCUT2D eigenvalue weighted by molar-refractivity contribution is 0.0935. The Labute approximate surface area is 135 Å². The highest BCUT2D eigenvalue weighted by Crippen LogP contribution is 2.19. The second kappa shape index (κ2) is 7.11. The Morgan fingerprint density at radius 1 is 1.36 bits per heavy atom. The molecule has 0 bridgehead atoms. The molecule has 0 aliphatic rings. The fourth-order valence-electron chi connectivity index (χ4n) is 2.42. The number of hydrogen-bond acceptors (Lipinski definition) is 4. The van der Waals surface area contributed by atoms with E-state index in [1.807, 2.05) is 51.3 Å². The smallest absolute Gasteiger partial charge is 0.253 e. The second-order valence-corrected chi connectivity index (χ2v) is 6.61. The Kier molecular flexibility index (Phi) is 5.42. The first-order valence-electron chi connectivity index (χ1n) is 7.28. The molecular formula is C17H22N2O2S. The molecule has 0 saturated carbocycles. The number of aliphatic hydroxyl groups is 1. The molecule has 0 fully saturated rings. The van der Waals surface area contributed by atoms with Crippen molar-refractivity contribution in [2.45, 2.75) is 32.1 Å². The Balaban J connectivity index is 2.28. The van der Waals surface area contributed by atoms with E-state index in [0.717, 1.165) is 16.5 Å². The third-order valence-electron chi connectivity index (χ3n) is 3.81. The highest BCUT2D eigenvalue weighted by Gasteiger charge is 2.19. The minimum Gasteiger partial charge on any atom is -0.395 e. The van der Waals surface area contributed by atoms with Crippen LogP contribution in [0, 0.1) is 13.8 Å². The third kappa shape index (κ3) is 3.59. The molecule has 2 rings (SSSR count). The van der Waals surface area contributed by atoms with Gasteiger partial charge in [0.1, 0.15) is 0 Å². The number of hydrogen-bond donors (Lipinski definition) is 2. The molecule has 0 aliphatic heterocycles. The standard InChI is InChI=1S/C17H22N2O2S/c1-10-5-6-13-8-14(11(2)18-15(13)7-10)17(21)19-12(3)16(9-20)22-4/h5-8,12,16,20H,9H2,1-4H3,(H,19,21). The van der Waals surface area contributed by atoms with E-state index in [9.17, 15) is 9.90 Å². The molecule has 0 saturated heterocycles. The zero-order valence-corrected chi connectivity index (χ0v) is 14.2. The topological polar surface area (TPSA) is 62.2 Å². The van der Waals surface area contributed by atoms with Gasteiger partial charge in [0, 0.05) is 16.7 Å². The van der Waals surface area contributed by atoms with E-state index in [2.05, 4.69) is 10.3 Å². The van der Waals surface area contributed by atoms with Gasteiger partial charge >= 0.3 is 0 Å². The molecule has 1 amide bonds. The maximum absolute atomic E-state index is 12.5. The van der Waals surface area contributed by atoms with Gasteiger partial charge in [0.15, 0.2) is 0 Å². The van der Waals surface area contributed by atoms with Crippen LogP contribution in [0.2, 0.25) is 0 Å². The van der Waals surface area contributed by atoms with Crippen LogP contribution in [0.4, 0.5) is 0 Å². The van der Waals surface area contributed by atoms with Gasteiger partial charge in [0.2, 0.25) is 0 Å². The van der Waals surface area contributed by atoms with Crippen molar-refractivity contribution in [3.05, 3.63) is 41.1 Å². The van der Waals surface area contributed by atoms with Gasteiger partial charge in [0.25, 0.3) is 5.91 Å². The van der Waals surface area contributed by atoms with Crippen molar-refractivity contribution in [2.24, 2.45) is 0 Å². The molecule has 22 heavy (non-hydrogen) atoms. The summed E-state index contributed by atoms with van der Waals surface area (Å²) in [6, 6.07) is 7.78. The van der Waals surface area contributed by atoms with Gasteiger partial charge in [-0.25, -0.2) is 0 Å². The summed E-state index contributed by atoms with van der Waals surface area (Å²) in [6.07, 6.45) is 1.93. The number of aryl methyl sites for hydroxylation is 2. The lowest BCUT2D eigenvalue weighted by Gasteiger charge is -2.21. The van der Waals surface area contributed by atoms with E-state index >= 15 is 0 Å². The lowest BCUT2D eigenvalue weighted by atomic mass is 10.1. The number of fused-ring (bicyclic) bond motifs is 1. The number of nitrogens with zero attached hydrogens (tertiary/aromatic N) is 1. The van der Waals surface area contributed by atoms with Gasteiger partial charge in [-0.15, -0.1) is 0 Å². The largest absolute Gasteiger partial charge is 0.395 e. The maximum atomic E-state index is 12.5. The van der Waals surface area contributed by atoms with Crippen molar-refractivity contribution < 1.29 is 9.90 Å². The molecule has 1 aromatic heterocycles. The van der Waals surface area contributed by atoms with Crippen LogP contribution < -0.4 is 5.32 Å². The van der Waals surface area contributed by atoms with Crippen LogP contribution in [0.3, 0.4) is 0 Å². The summed E-state index contributed by atoms with van der Waals surface area (Å²) >= 11 is 1.54. The van der Waals surface area contributed by atoms with Gasteiger partial charge < -0.3 is 10.4 Å². The number of pyridine rings is 1. The molecule has 5 heteroatoms. The predicted octanol–water partition coefficient (Wildman–Crippen LogP) is 2.69. The average molecular weight is 318 g/mol. The normalized spacial score (nSPS) is 13.9. The van der Waals surface area contributed by atoms with E-state index in [-0.39, 0.29) is 23.8 Å². The van der Waals surface area contributed by atoms with Gasteiger partial charge in [-0.3, -0.25) is 9.78 Å². The SMILES string of the molecule is CSC(CO)C(C)NC(=O)c1cc2ccc(C)cc2nc1C. The maximum Gasteiger partial charge on any atom is 0.253 e. The summed E-state index contributed by atoms with van der Waals surface area (Å²) in [6.45, 7) is 5.81. The quantitative estimate of drug-likeness (QED) is 0.890. The molecule has 0 radical (unpaired) electrons. The zero-order chi connectivity index (χ0) is 16.3. The fraction of sp³-hybridized carbons (Fsp3) is 0.412. The van der Waals surface area contributed by atoms with E-state index < -0.39 is 0 Å². The molecule has 0 aliphatic carbocycles. The Morgan fingerprint density at radius 2 is 2.09 bits per heavy atom. The Bertz CT molecular complexity index is 684. The zero-order valence-electron chi connectivity index (χ0n) is 13.4. The number of benzene rings is 1. The summed E-state index contributed by atoms with van der Waals surface area (Å²) < 4.78 is 0. The monoisotopic (exact) mass is 318 g/mol. The summed E-state index contributed by atoms with van der Waals surface area (Å²) in [5, 5.41) is 13.2. The van der Waals surface area contributed by atoms with Gasteiger partial charge in [0.05, 0.1) is 23.4 Å². The first kappa shape index (κ1) is 16.8. The fourth-order valence-corrected chi connectivity index (χ4v) is 3.04. The number of amides is 1. The molecule has 2 aromatic rings. The number of carbonyl (C=O) groups excluding carboxylic acids is 1. The molecule has 118 valence electrons. The van der Waals surface area contributed by atoms with Crippen molar-refractivity contribution >= 4 is 28.6 Å². The molecule has 1 aromatic carbocycles. The molecule has 1 heterocycles. The number of aliphatic hydroxyl groups excluding tert-OH is 1. The summed E-state index contributed by atoms with van der Waals surface area (Å²) in [7, 11) is 0. The number of thioether (sulfide) groups is 1. The van der Waals surface area contributed by atoms with Gasteiger partial charge in [-0.2, -0.15) is 11.8 Å². The molecule has 2 N–H and O–H groups in total. The molecule has 2 unspecified atom stereocenters. The lowest BCUT2D eigenvalue weighted by Crippen LogP contribution is -2.41. The highest BCUT2D eigenvalue weighted by atomic mass is 32.2. The molecule has 4 nitrogen and oxygen atoms in total. The van der Waals surface area contributed by atoms with Gasteiger partial charge in [-0.1, -0.05) is 12.1 Å². The van der Waals surface area contributed by atoms with Crippen LogP contribution in [-0.4, -0.2) is 40.2 Å². The summed E-state index contributed by atoms with van der Waals surface area (Å²) in [5.74, 6) is -0.146. The van der Waals surface area contributed by atoms with Gasteiger partial charge in [-0.05, 0) is 44.7 Å². The van der Waals surface area contributed by atoms with Crippen LogP contribution in [-0.2, 0) is 0 Å².